The third kappa shape index (κ3) is 4.24. The first kappa shape index (κ1) is 19.5. The minimum Gasteiger partial charge on any atom is -0.497 e. The molecule has 0 spiro atoms. The molecule has 0 saturated heterocycles. The Morgan fingerprint density at radius 2 is 1.90 bits per heavy atom. The summed E-state index contributed by atoms with van der Waals surface area (Å²) in [6.45, 7) is 2.28. The molecule has 6 nitrogen and oxygen atoms in total. The second kappa shape index (κ2) is 8.38. The number of aromatic nitrogens is 2. The molecule has 2 aliphatic rings. The molecule has 5 rings (SSSR count). The van der Waals surface area contributed by atoms with Gasteiger partial charge in [0.2, 0.25) is 0 Å². The Balaban J connectivity index is 1.49. The summed E-state index contributed by atoms with van der Waals surface area (Å²) in [5, 5.41) is 3.07. The number of anilines is 1. The number of fused-ring (bicyclic) bond motifs is 1. The van der Waals surface area contributed by atoms with Gasteiger partial charge in [0.1, 0.15) is 17.1 Å². The van der Waals surface area contributed by atoms with Crippen molar-refractivity contribution >= 4 is 11.7 Å². The van der Waals surface area contributed by atoms with Crippen molar-refractivity contribution in [3.63, 3.8) is 0 Å². The zero-order chi connectivity index (χ0) is 21.2. The molecular weight excluding hydrogens is 388 g/mol. The standard InChI is InChI=1S/C25H26N4O2/c1-31-21-10-8-19(9-11-21)23-26-15-22(25(30)27-14-17-6-7-17)24(28-23)29-13-12-18-4-2-3-5-20(18)16-29/h2-5,8-11,15,17H,6-7,12-14,16H2,1H3,(H,27,30). The Kier molecular flexibility index (Phi) is 5.28. The summed E-state index contributed by atoms with van der Waals surface area (Å²) in [7, 11) is 1.65. The van der Waals surface area contributed by atoms with Crippen molar-refractivity contribution in [1.29, 1.82) is 0 Å². The van der Waals surface area contributed by atoms with E-state index in [1.54, 1.807) is 13.3 Å². The van der Waals surface area contributed by atoms with E-state index in [9.17, 15) is 4.79 Å². The highest BCUT2D eigenvalue weighted by molar-refractivity contribution is 5.99. The van der Waals surface area contributed by atoms with Crippen molar-refractivity contribution in [3.8, 4) is 17.1 Å². The quantitative estimate of drug-likeness (QED) is 0.664. The molecule has 158 valence electrons. The van der Waals surface area contributed by atoms with Crippen LogP contribution in [0.2, 0.25) is 0 Å². The summed E-state index contributed by atoms with van der Waals surface area (Å²) < 4.78 is 5.26. The minimum absolute atomic E-state index is 0.0953. The molecule has 0 unspecified atom stereocenters. The summed E-state index contributed by atoms with van der Waals surface area (Å²) in [5.41, 5.74) is 4.08. The zero-order valence-corrected chi connectivity index (χ0v) is 17.7. The van der Waals surface area contributed by atoms with Gasteiger partial charge in [-0.3, -0.25) is 4.79 Å². The molecule has 1 amide bonds. The molecule has 2 heterocycles. The van der Waals surface area contributed by atoms with Crippen molar-refractivity contribution in [3.05, 3.63) is 71.4 Å². The average molecular weight is 415 g/mol. The van der Waals surface area contributed by atoms with Crippen molar-refractivity contribution in [2.75, 3.05) is 25.1 Å². The molecule has 31 heavy (non-hydrogen) atoms. The van der Waals surface area contributed by atoms with Crippen LogP contribution in [0.3, 0.4) is 0 Å². The zero-order valence-electron chi connectivity index (χ0n) is 17.7. The topological polar surface area (TPSA) is 67.3 Å². The summed E-state index contributed by atoms with van der Waals surface area (Å²) in [6, 6.07) is 16.1. The lowest BCUT2D eigenvalue weighted by Crippen LogP contribution is -2.34. The summed E-state index contributed by atoms with van der Waals surface area (Å²) in [4.78, 5) is 24.6. The van der Waals surface area contributed by atoms with Gasteiger partial charge in [0, 0.05) is 31.4 Å². The van der Waals surface area contributed by atoms with Crippen molar-refractivity contribution in [1.82, 2.24) is 15.3 Å². The van der Waals surface area contributed by atoms with Crippen molar-refractivity contribution in [2.45, 2.75) is 25.8 Å². The number of hydrogen-bond acceptors (Lipinski definition) is 5. The minimum atomic E-state index is -0.0953. The summed E-state index contributed by atoms with van der Waals surface area (Å²) in [5.74, 6) is 2.61. The molecule has 0 atom stereocenters. The third-order valence-electron chi connectivity index (χ3n) is 6.04. The number of hydrogen-bond donors (Lipinski definition) is 1. The fourth-order valence-corrected chi connectivity index (χ4v) is 3.98. The number of amides is 1. The van der Waals surface area contributed by atoms with Crippen molar-refractivity contribution in [2.24, 2.45) is 5.92 Å². The number of carbonyl (C=O) groups is 1. The predicted molar refractivity (Wildman–Crippen MR) is 120 cm³/mol. The van der Waals surface area contributed by atoms with E-state index in [1.807, 2.05) is 24.3 Å². The van der Waals surface area contributed by atoms with E-state index in [1.165, 1.54) is 24.0 Å². The number of carbonyl (C=O) groups excluding carboxylic acids is 1. The van der Waals surface area contributed by atoms with Gasteiger partial charge in [0.15, 0.2) is 5.82 Å². The lowest BCUT2D eigenvalue weighted by Gasteiger charge is -2.31. The van der Waals surface area contributed by atoms with Crippen molar-refractivity contribution < 1.29 is 9.53 Å². The second-order valence-corrected chi connectivity index (χ2v) is 8.25. The van der Waals surface area contributed by atoms with Crippen LogP contribution in [0.5, 0.6) is 5.75 Å². The fourth-order valence-electron chi connectivity index (χ4n) is 3.98. The Labute approximate surface area is 182 Å². The lowest BCUT2D eigenvalue weighted by molar-refractivity contribution is 0.0951. The van der Waals surface area contributed by atoms with E-state index in [0.29, 0.717) is 23.1 Å². The van der Waals surface area contributed by atoms with Crippen LogP contribution in [0.15, 0.2) is 54.7 Å². The smallest absolute Gasteiger partial charge is 0.256 e. The maximum atomic E-state index is 13.0. The van der Waals surface area contributed by atoms with Crippen LogP contribution in [0.25, 0.3) is 11.4 Å². The monoisotopic (exact) mass is 414 g/mol. The second-order valence-electron chi connectivity index (χ2n) is 8.25. The van der Waals surface area contributed by atoms with E-state index in [4.69, 9.17) is 9.72 Å². The number of nitrogens with one attached hydrogen (secondary N) is 1. The van der Waals surface area contributed by atoms with Crippen LogP contribution >= 0.6 is 0 Å². The normalized spacial score (nSPS) is 15.3. The maximum absolute atomic E-state index is 13.0. The molecule has 2 aromatic carbocycles. The SMILES string of the molecule is COc1ccc(-c2ncc(C(=O)NCC3CC3)c(N3CCc4ccccc4C3)n2)cc1. The molecule has 6 heteroatoms. The Morgan fingerprint density at radius 1 is 1.13 bits per heavy atom. The molecule has 1 aromatic heterocycles. The predicted octanol–water partition coefficient (Wildman–Crippen LogP) is 3.85. The van der Waals surface area contributed by atoms with Gasteiger partial charge in [0.25, 0.3) is 5.91 Å². The molecule has 0 bridgehead atoms. The third-order valence-corrected chi connectivity index (χ3v) is 6.04. The molecule has 1 N–H and O–H groups in total. The van der Waals surface area contributed by atoms with E-state index < -0.39 is 0 Å². The van der Waals surface area contributed by atoms with Crippen LogP contribution < -0.4 is 15.0 Å². The van der Waals surface area contributed by atoms with E-state index in [0.717, 1.165) is 37.4 Å². The Hall–Kier alpha value is -3.41. The first-order valence-corrected chi connectivity index (χ1v) is 10.8. The van der Waals surface area contributed by atoms with E-state index in [-0.39, 0.29) is 5.91 Å². The summed E-state index contributed by atoms with van der Waals surface area (Å²) in [6.07, 6.45) is 5.00. The summed E-state index contributed by atoms with van der Waals surface area (Å²) >= 11 is 0. The lowest BCUT2D eigenvalue weighted by atomic mass is 9.99. The molecule has 0 radical (unpaired) electrons. The number of ether oxygens (including phenoxy) is 1. The first-order chi connectivity index (χ1) is 15.2. The molecular formula is C25H26N4O2. The van der Waals surface area contributed by atoms with Gasteiger partial charge >= 0.3 is 0 Å². The fraction of sp³-hybridized carbons (Fsp3) is 0.320. The maximum Gasteiger partial charge on any atom is 0.256 e. The van der Waals surface area contributed by atoms with Gasteiger partial charge in [-0.2, -0.15) is 0 Å². The van der Waals surface area contributed by atoms with Gasteiger partial charge in [-0.25, -0.2) is 9.97 Å². The highest BCUT2D eigenvalue weighted by Gasteiger charge is 2.26. The average Bonchev–Trinajstić information content (AvgIpc) is 3.66. The van der Waals surface area contributed by atoms with Gasteiger partial charge < -0.3 is 15.0 Å². The molecule has 1 saturated carbocycles. The van der Waals surface area contributed by atoms with Crippen LogP contribution in [0, 0.1) is 5.92 Å². The number of methoxy groups -OCH3 is 1. The molecule has 1 aliphatic heterocycles. The highest BCUT2D eigenvalue weighted by atomic mass is 16.5. The molecule has 3 aromatic rings. The molecule has 1 aliphatic carbocycles. The van der Waals surface area contributed by atoms with Crippen LogP contribution in [-0.4, -0.2) is 36.1 Å². The number of benzene rings is 2. The van der Waals surface area contributed by atoms with E-state index >= 15 is 0 Å². The van der Waals surface area contributed by atoms with Gasteiger partial charge in [0.05, 0.1) is 7.11 Å². The number of rotatable bonds is 6. The van der Waals surface area contributed by atoms with Crippen LogP contribution in [0.1, 0.15) is 34.3 Å². The van der Waals surface area contributed by atoms with Gasteiger partial charge in [-0.1, -0.05) is 24.3 Å². The van der Waals surface area contributed by atoms with Crippen LogP contribution in [0.4, 0.5) is 5.82 Å². The number of nitrogens with zero attached hydrogens (tertiary/aromatic N) is 3. The van der Waals surface area contributed by atoms with Gasteiger partial charge in [-0.05, 0) is 60.6 Å². The highest BCUT2D eigenvalue weighted by Crippen LogP contribution is 2.30. The Morgan fingerprint density at radius 3 is 2.65 bits per heavy atom. The van der Waals surface area contributed by atoms with Gasteiger partial charge in [-0.15, -0.1) is 0 Å². The molecule has 1 fully saturated rings. The van der Waals surface area contributed by atoms with Crippen LogP contribution in [-0.2, 0) is 13.0 Å². The Bertz CT molecular complexity index is 1090. The largest absolute Gasteiger partial charge is 0.497 e. The van der Waals surface area contributed by atoms with E-state index in [2.05, 4.69) is 39.5 Å². The first-order valence-electron chi connectivity index (χ1n) is 10.8.